The van der Waals surface area contributed by atoms with E-state index in [0.717, 1.165) is 41.7 Å². The minimum Gasteiger partial charge on any atom is -0.478 e. The standard InChI is InChI=1S/C28H23ClF3NO2/c1-2-3-24(17-4-6-19(7-5-17)27(34)35)26(18-9-12-23(29)13-10-18)21-14-20-8-11-22(28(30,31)32)15-25(20)33-16-21/h4-16,24,26H,2-3H2,1H3,(H,34,35)/t24-,26?/m1/s1. The maximum atomic E-state index is 13.2. The molecule has 3 aromatic carbocycles. The topological polar surface area (TPSA) is 50.2 Å². The third-order valence-electron chi connectivity index (χ3n) is 6.21. The SMILES string of the molecule is CCC[C@H](c1ccc(C(=O)O)cc1)C(c1ccc(Cl)cc1)c1cnc2cc(C(F)(F)F)ccc2c1. The highest BCUT2D eigenvalue weighted by molar-refractivity contribution is 6.30. The van der Waals surface area contributed by atoms with Crippen molar-refractivity contribution in [1.29, 1.82) is 0 Å². The van der Waals surface area contributed by atoms with Gasteiger partial charge in [-0.15, -0.1) is 0 Å². The molecule has 1 heterocycles. The van der Waals surface area contributed by atoms with E-state index in [0.29, 0.717) is 10.4 Å². The third kappa shape index (κ3) is 5.49. The Bertz CT molecular complexity index is 1340. The van der Waals surface area contributed by atoms with Crippen LogP contribution in [0.1, 0.15) is 64.2 Å². The number of hydrogen-bond acceptors (Lipinski definition) is 2. The fourth-order valence-corrected chi connectivity index (χ4v) is 4.65. The molecule has 0 radical (unpaired) electrons. The maximum absolute atomic E-state index is 13.2. The van der Waals surface area contributed by atoms with Crippen molar-refractivity contribution in [2.75, 3.05) is 0 Å². The number of nitrogens with zero attached hydrogens (tertiary/aromatic N) is 1. The lowest BCUT2D eigenvalue weighted by Crippen LogP contribution is -2.14. The molecule has 0 spiro atoms. The van der Waals surface area contributed by atoms with Crippen LogP contribution in [0.25, 0.3) is 10.9 Å². The highest BCUT2D eigenvalue weighted by atomic mass is 35.5. The van der Waals surface area contributed by atoms with Crippen LogP contribution >= 0.6 is 11.6 Å². The van der Waals surface area contributed by atoms with E-state index in [1.54, 1.807) is 18.3 Å². The van der Waals surface area contributed by atoms with E-state index < -0.39 is 17.7 Å². The molecule has 1 unspecified atom stereocenters. The van der Waals surface area contributed by atoms with Crippen molar-refractivity contribution in [3.8, 4) is 0 Å². The first kappa shape index (κ1) is 24.7. The number of aromatic carboxylic acids is 1. The summed E-state index contributed by atoms with van der Waals surface area (Å²) in [7, 11) is 0. The fourth-order valence-electron chi connectivity index (χ4n) is 4.52. The monoisotopic (exact) mass is 497 g/mol. The maximum Gasteiger partial charge on any atom is 0.416 e. The minimum absolute atomic E-state index is 0.0160. The molecule has 180 valence electrons. The highest BCUT2D eigenvalue weighted by Gasteiger charge is 2.31. The second-order valence-electron chi connectivity index (χ2n) is 8.53. The molecule has 0 amide bonds. The Balaban J connectivity index is 1.84. The number of carbonyl (C=O) groups is 1. The molecule has 4 aromatic rings. The van der Waals surface area contributed by atoms with Gasteiger partial charge >= 0.3 is 12.1 Å². The molecule has 1 N–H and O–H groups in total. The number of carboxylic acid groups (broad SMARTS) is 1. The highest BCUT2D eigenvalue weighted by Crippen LogP contribution is 2.42. The first-order valence-corrected chi connectivity index (χ1v) is 11.6. The van der Waals surface area contributed by atoms with Crippen molar-refractivity contribution in [3.05, 3.63) is 112 Å². The molecule has 0 aliphatic rings. The van der Waals surface area contributed by atoms with Gasteiger partial charge in [-0.25, -0.2) is 4.79 Å². The smallest absolute Gasteiger partial charge is 0.416 e. The first-order valence-electron chi connectivity index (χ1n) is 11.2. The van der Waals surface area contributed by atoms with Crippen LogP contribution in [0.3, 0.4) is 0 Å². The Morgan fingerprint density at radius 3 is 2.20 bits per heavy atom. The van der Waals surface area contributed by atoms with Crippen molar-refractivity contribution in [2.24, 2.45) is 0 Å². The molecule has 0 aliphatic heterocycles. The zero-order valence-corrected chi connectivity index (χ0v) is 19.6. The summed E-state index contributed by atoms with van der Waals surface area (Å²) < 4.78 is 39.5. The van der Waals surface area contributed by atoms with E-state index in [4.69, 9.17) is 11.6 Å². The molecule has 0 bridgehead atoms. The largest absolute Gasteiger partial charge is 0.478 e. The van der Waals surface area contributed by atoms with Crippen molar-refractivity contribution in [3.63, 3.8) is 0 Å². The number of halogens is 4. The number of hydrogen-bond donors (Lipinski definition) is 1. The number of fused-ring (bicyclic) bond motifs is 1. The molecular formula is C28H23ClF3NO2. The number of aromatic nitrogens is 1. The molecule has 0 saturated carbocycles. The molecule has 4 rings (SSSR count). The van der Waals surface area contributed by atoms with Crippen LogP contribution in [0.2, 0.25) is 5.02 Å². The van der Waals surface area contributed by atoms with E-state index >= 15 is 0 Å². The number of benzene rings is 3. The van der Waals surface area contributed by atoms with Crippen molar-refractivity contribution >= 4 is 28.5 Å². The summed E-state index contributed by atoms with van der Waals surface area (Å²) >= 11 is 6.14. The van der Waals surface area contributed by atoms with Gasteiger partial charge in [0.25, 0.3) is 0 Å². The van der Waals surface area contributed by atoms with Crippen molar-refractivity contribution in [1.82, 2.24) is 4.98 Å². The van der Waals surface area contributed by atoms with E-state index in [-0.39, 0.29) is 22.9 Å². The molecule has 2 atom stereocenters. The van der Waals surface area contributed by atoms with Crippen LogP contribution in [0.5, 0.6) is 0 Å². The molecule has 7 heteroatoms. The summed E-state index contributed by atoms with van der Waals surface area (Å²) in [6.45, 7) is 2.08. The van der Waals surface area contributed by atoms with Gasteiger partial charge in [0.1, 0.15) is 0 Å². The Hall–Kier alpha value is -3.38. The quantitative estimate of drug-likeness (QED) is 0.279. The Morgan fingerprint density at radius 1 is 0.943 bits per heavy atom. The van der Waals surface area contributed by atoms with Gasteiger partial charge < -0.3 is 5.11 Å². The Morgan fingerprint density at radius 2 is 1.60 bits per heavy atom. The van der Waals surface area contributed by atoms with Crippen LogP contribution in [0, 0.1) is 0 Å². The average molecular weight is 498 g/mol. The lowest BCUT2D eigenvalue weighted by Gasteiger charge is -2.29. The van der Waals surface area contributed by atoms with Crippen LogP contribution in [0.15, 0.2) is 79.0 Å². The van der Waals surface area contributed by atoms with Crippen LogP contribution in [-0.2, 0) is 6.18 Å². The minimum atomic E-state index is -4.44. The van der Waals surface area contributed by atoms with Crippen molar-refractivity contribution in [2.45, 2.75) is 37.8 Å². The van der Waals surface area contributed by atoms with Gasteiger partial charge in [0, 0.05) is 22.5 Å². The van der Waals surface area contributed by atoms with Crippen LogP contribution in [-0.4, -0.2) is 16.1 Å². The summed E-state index contributed by atoms with van der Waals surface area (Å²) in [5.41, 5.74) is 2.57. The van der Waals surface area contributed by atoms with E-state index in [9.17, 15) is 23.1 Å². The average Bonchev–Trinajstić information content (AvgIpc) is 2.84. The second-order valence-corrected chi connectivity index (χ2v) is 8.96. The van der Waals surface area contributed by atoms with Crippen LogP contribution < -0.4 is 0 Å². The van der Waals surface area contributed by atoms with E-state index in [1.807, 2.05) is 42.5 Å². The lowest BCUT2D eigenvalue weighted by atomic mass is 9.75. The molecule has 0 aliphatic carbocycles. The summed E-state index contributed by atoms with van der Waals surface area (Å²) in [6.07, 6.45) is -1.11. The van der Waals surface area contributed by atoms with Gasteiger partial charge in [-0.3, -0.25) is 4.98 Å². The number of alkyl halides is 3. The zero-order chi connectivity index (χ0) is 25.2. The van der Waals surface area contributed by atoms with Gasteiger partial charge in [0.2, 0.25) is 0 Å². The number of pyridine rings is 1. The van der Waals surface area contributed by atoms with Gasteiger partial charge in [-0.05, 0) is 71.5 Å². The predicted molar refractivity (Wildman–Crippen MR) is 131 cm³/mol. The van der Waals surface area contributed by atoms with Gasteiger partial charge in [-0.2, -0.15) is 13.2 Å². The third-order valence-corrected chi connectivity index (χ3v) is 6.46. The Kier molecular flexibility index (Phi) is 7.13. The number of carboxylic acids is 1. The number of rotatable bonds is 7. The summed E-state index contributed by atoms with van der Waals surface area (Å²) in [6, 6.07) is 19.8. The lowest BCUT2D eigenvalue weighted by molar-refractivity contribution is -0.137. The van der Waals surface area contributed by atoms with Gasteiger partial charge in [0.15, 0.2) is 0 Å². The Labute approximate surface area is 206 Å². The zero-order valence-electron chi connectivity index (χ0n) is 18.9. The summed E-state index contributed by atoms with van der Waals surface area (Å²) in [5, 5.41) is 10.5. The molecule has 0 fully saturated rings. The normalized spacial score (nSPS) is 13.5. The molecule has 1 aromatic heterocycles. The summed E-state index contributed by atoms with van der Waals surface area (Å²) in [4.78, 5) is 15.7. The van der Waals surface area contributed by atoms with Crippen molar-refractivity contribution < 1.29 is 23.1 Å². The molecule has 3 nitrogen and oxygen atoms in total. The predicted octanol–water partition coefficient (Wildman–Crippen LogP) is 8.32. The van der Waals surface area contributed by atoms with Crippen LogP contribution in [0.4, 0.5) is 13.2 Å². The van der Waals surface area contributed by atoms with E-state index in [1.165, 1.54) is 6.07 Å². The van der Waals surface area contributed by atoms with E-state index in [2.05, 4.69) is 11.9 Å². The molecular weight excluding hydrogens is 475 g/mol. The summed E-state index contributed by atoms with van der Waals surface area (Å²) in [5.74, 6) is -1.17. The molecule has 0 saturated heterocycles. The first-order chi connectivity index (χ1) is 16.7. The molecule has 35 heavy (non-hydrogen) atoms. The van der Waals surface area contributed by atoms with Gasteiger partial charge in [-0.1, -0.05) is 55.3 Å². The van der Waals surface area contributed by atoms with Gasteiger partial charge in [0.05, 0.1) is 16.6 Å². The second kappa shape index (κ2) is 10.1. The fraction of sp³-hybridized carbons (Fsp3) is 0.214.